The van der Waals surface area contributed by atoms with Gasteiger partial charge in [-0.15, -0.1) is 23.7 Å². The van der Waals surface area contributed by atoms with Crippen LogP contribution >= 0.6 is 23.7 Å². The molecule has 0 saturated heterocycles. The number of nitrogens with one attached hydrogen (secondary N) is 1. The second-order valence-corrected chi connectivity index (χ2v) is 6.68. The third-order valence-corrected chi connectivity index (χ3v) is 3.89. The number of hydrogen-bond acceptors (Lipinski definition) is 4. The smallest absolute Gasteiger partial charge is 0.245 e. The van der Waals surface area contributed by atoms with Gasteiger partial charge >= 0.3 is 0 Å². The number of amides is 1. The molecule has 0 atom stereocenters. The van der Waals surface area contributed by atoms with Gasteiger partial charge in [0.1, 0.15) is 5.82 Å². The highest BCUT2D eigenvalue weighted by molar-refractivity contribution is 7.15. The number of halogens is 2. The van der Waals surface area contributed by atoms with Crippen molar-refractivity contribution in [1.82, 2.24) is 4.98 Å². The van der Waals surface area contributed by atoms with Crippen LogP contribution in [0.15, 0.2) is 24.4 Å². The molecular formula is C15H19ClFN3OS. The van der Waals surface area contributed by atoms with E-state index in [9.17, 15) is 9.18 Å². The van der Waals surface area contributed by atoms with E-state index in [-0.39, 0.29) is 24.1 Å². The highest BCUT2D eigenvalue weighted by Crippen LogP contribution is 2.22. The maximum atomic E-state index is 13.5. The van der Waals surface area contributed by atoms with E-state index in [1.54, 1.807) is 33.0 Å². The largest absolute Gasteiger partial charge is 0.318 e. The fourth-order valence-corrected chi connectivity index (χ4v) is 2.49. The van der Waals surface area contributed by atoms with Crippen LogP contribution in [0.4, 0.5) is 9.52 Å². The summed E-state index contributed by atoms with van der Waals surface area (Å²) in [4.78, 5) is 16.9. The van der Waals surface area contributed by atoms with Gasteiger partial charge in [0.15, 0.2) is 5.13 Å². The topological polar surface area (TPSA) is 68.0 Å². The monoisotopic (exact) mass is 343 g/mol. The molecule has 0 aliphatic carbocycles. The van der Waals surface area contributed by atoms with E-state index >= 15 is 0 Å². The van der Waals surface area contributed by atoms with Gasteiger partial charge < -0.3 is 11.1 Å². The number of carbonyl (C=O) groups is 1. The summed E-state index contributed by atoms with van der Waals surface area (Å²) >= 11 is 1.36. The minimum atomic E-state index is -0.952. The molecule has 0 bridgehead atoms. The van der Waals surface area contributed by atoms with Crippen molar-refractivity contribution in [2.24, 2.45) is 5.73 Å². The van der Waals surface area contributed by atoms with Crippen molar-refractivity contribution in [3.63, 3.8) is 0 Å². The molecule has 0 aliphatic rings. The number of aryl methyl sites for hydroxylation is 1. The molecule has 1 heterocycles. The van der Waals surface area contributed by atoms with Crippen LogP contribution in [0.5, 0.6) is 0 Å². The first-order valence-corrected chi connectivity index (χ1v) is 7.37. The SMILES string of the molecule is Cc1ccc(Cc2cnc(NC(=O)C(C)(C)N)s2)cc1F.Cl. The fourth-order valence-electron chi connectivity index (χ4n) is 1.65. The van der Waals surface area contributed by atoms with E-state index in [2.05, 4.69) is 10.3 Å². The van der Waals surface area contributed by atoms with Gasteiger partial charge in [-0.05, 0) is 38.0 Å². The summed E-state index contributed by atoms with van der Waals surface area (Å²) in [6.07, 6.45) is 2.26. The first-order chi connectivity index (χ1) is 9.75. The molecular weight excluding hydrogens is 325 g/mol. The van der Waals surface area contributed by atoms with E-state index < -0.39 is 5.54 Å². The predicted octanol–water partition coefficient (Wildman–Crippen LogP) is 3.28. The van der Waals surface area contributed by atoms with Crippen LogP contribution in [0.2, 0.25) is 0 Å². The molecule has 1 aromatic carbocycles. The first kappa shape index (κ1) is 18.5. The summed E-state index contributed by atoms with van der Waals surface area (Å²) in [7, 11) is 0. The minimum Gasteiger partial charge on any atom is -0.318 e. The Kier molecular flexibility index (Phi) is 6.05. The molecule has 3 N–H and O–H groups in total. The average Bonchev–Trinajstić information content (AvgIpc) is 2.80. The third-order valence-electron chi connectivity index (χ3n) is 2.97. The second kappa shape index (κ2) is 7.17. The van der Waals surface area contributed by atoms with Gasteiger partial charge in [0.05, 0.1) is 5.54 Å². The van der Waals surface area contributed by atoms with Gasteiger partial charge in [0.25, 0.3) is 0 Å². The van der Waals surface area contributed by atoms with Crippen LogP contribution in [0.25, 0.3) is 0 Å². The zero-order valence-electron chi connectivity index (χ0n) is 12.6. The lowest BCUT2D eigenvalue weighted by Gasteiger charge is -2.16. The Morgan fingerprint density at radius 1 is 1.45 bits per heavy atom. The molecule has 7 heteroatoms. The summed E-state index contributed by atoms with van der Waals surface area (Å²) in [5.41, 5.74) is 6.26. The standard InChI is InChI=1S/C15H18FN3OS.ClH/c1-9-4-5-10(7-12(9)16)6-11-8-18-14(21-11)19-13(20)15(2,3)17;/h4-5,7-8H,6,17H2,1-3H3,(H,18,19,20);1H. The number of nitrogens with two attached hydrogens (primary N) is 1. The zero-order chi connectivity index (χ0) is 15.6. The Balaban J connectivity index is 0.00000242. The lowest BCUT2D eigenvalue weighted by Crippen LogP contribution is -2.45. The number of aromatic nitrogens is 1. The van der Waals surface area contributed by atoms with Gasteiger partial charge in [-0.1, -0.05) is 12.1 Å². The van der Waals surface area contributed by atoms with Crippen molar-refractivity contribution in [2.45, 2.75) is 32.7 Å². The number of anilines is 1. The molecule has 22 heavy (non-hydrogen) atoms. The molecule has 120 valence electrons. The maximum Gasteiger partial charge on any atom is 0.245 e. The molecule has 2 aromatic rings. The van der Waals surface area contributed by atoms with Crippen LogP contribution in [-0.4, -0.2) is 16.4 Å². The molecule has 0 radical (unpaired) electrons. The highest BCUT2D eigenvalue weighted by atomic mass is 35.5. The number of nitrogens with zero attached hydrogens (tertiary/aromatic N) is 1. The molecule has 0 aliphatic heterocycles. The molecule has 0 saturated carbocycles. The van der Waals surface area contributed by atoms with Crippen LogP contribution in [0, 0.1) is 12.7 Å². The van der Waals surface area contributed by atoms with Crippen molar-refractivity contribution >= 4 is 34.8 Å². The van der Waals surface area contributed by atoms with Crippen LogP contribution in [0.1, 0.15) is 29.9 Å². The summed E-state index contributed by atoms with van der Waals surface area (Å²) < 4.78 is 13.5. The van der Waals surface area contributed by atoms with Gasteiger partial charge in [-0.2, -0.15) is 0 Å². The summed E-state index contributed by atoms with van der Waals surface area (Å²) in [6.45, 7) is 4.99. The average molecular weight is 344 g/mol. The molecule has 1 aromatic heterocycles. The van der Waals surface area contributed by atoms with E-state index in [4.69, 9.17) is 5.73 Å². The zero-order valence-corrected chi connectivity index (χ0v) is 14.3. The quantitative estimate of drug-likeness (QED) is 0.895. The van der Waals surface area contributed by atoms with Crippen molar-refractivity contribution in [2.75, 3.05) is 5.32 Å². The van der Waals surface area contributed by atoms with Crippen molar-refractivity contribution < 1.29 is 9.18 Å². The number of rotatable bonds is 4. The summed E-state index contributed by atoms with van der Waals surface area (Å²) in [5.74, 6) is -0.500. The lowest BCUT2D eigenvalue weighted by atomic mass is 10.1. The molecule has 0 spiro atoms. The molecule has 4 nitrogen and oxygen atoms in total. The molecule has 0 fully saturated rings. The normalized spacial score (nSPS) is 11.0. The Labute approximate surface area is 139 Å². The fraction of sp³-hybridized carbons (Fsp3) is 0.333. The Bertz CT molecular complexity index is 667. The van der Waals surface area contributed by atoms with Crippen LogP contribution in [0.3, 0.4) is 0 Å². The van der Waals surface area contributed by atoms with E-state index in [0.29, 0.717) is 17.1 Å². The van der Waals surface area contributed by atoms with Crippen molar-refractivity contribution in [3.05, 3.63) is 46.2 Å². The molecule has 2 rings (SSSR count). The van der Waals surface area contributed by atoms with Crippen molar-refractivity contribution in [1.29, 1.82) is 0 Å². The van der Waals surface area contributed by atoms with Crippen molar-refractivity contribution in [3.8, 4) is 0 Å². The summed E-state index contributed by atoms with van der Waals surface area (Å²) in [6, 6.07) is 5.17. The van der Waals surface area contributed by atoms with Gasteiger partial charge in [-0.25, -0.2) is 9.37 Å². The Morgan fingerprint density at radius 3 is 2.73 bits per heavy atom. The lowest BCUT2D eigenvalue weighted by molar-refractivity contribution is -0.120. The van der Waals surface area contributed by atoms with Gasteiger partial charge in [0.2, 0.25) is 5.91 Å². The second-order valence-electron chi connectivity index (χ2n) is 5.57. The number of carbonyl (C=O) groups excluding carboxylic acids is 1. The van der Waals surface area contributed by atoms with E-state index in [1.165, 1.54) is 17.4 Å². The Hall–Kier alpha value is -1.50. The maximum absolute atomic E-state index is 13.5. The third kappa shape index (κ3) is 4.76. The number of benzene rings is 1. The van der Waals surface area contributed by atoms with Gasteiger partial charge in [-0.3, -0.25) is 4.79 Å². The van der Waals surface area contributed by atoms with E-state index in [1.807, 2.05) is 6.07 Å². The molecule has 1 amide bonds. The van der Waals surface area contributed by atoms with Gasteiger partial charge in [0, 0.05) is 17.5 Å². The summed E-state index contributed by atoms with van der Waals surface area (Å²) in [5, 5.41) is 3.18. The predicted molar refractivity (Wildman–Crippen MR) is 90.2 cm³/mol. The van der Waals surface area contributed by atoms with Crippen LogP contribution < -0.4 is 11.1 Å². The van der Waals surface area contributed by atoms with Crippen LogP contribution in [-0.2, 0) is 11.2 Å². The number of hydrogen-bond donors (Lipinski definition) is 2. The minimum absolute atomic E-state index is 0. The first-order valence-electron chi connectivity index (χ1n) is 6.56. The highest BCUT2D eigenvalue weighted by Gasteiger charge is 2.22. The molecule has 0 unspecified atom stereocenters. The number of thiazole rings is 1. The Morgan fingerprint density at radius 2 is 2.14 bits per heavy atom. The van der Waals surface area contributed by atoms with E-state index in [0.717, 1.165) is 10.4 Å².